The number of hydrogen-bond donors (Lipinski definition) is 1. The summed E-state index contributed by atoms with van der Waals surface area (Å²) in [4.78, 5) is 4.56. The number of nitrogens with zero attached hydrogens (tertiary/aromatic N) is 2. The van der Waals surface area contributed by atoms with Crippen LogP contribution in [0.25, 0.3) is 5.52 Å². The fourth-order valence-corrected chi connectivity index (χ4v) is 2.08. The molecule has 1 N–H and O–H groups in total. The molecule has 1 atom stereocenters. The number of aromatic nitrogens is 2. The number of fused-ring (bicyclic) bond motifs is 1. The minimum Gasteiger partial charge on any atom is -0.319 e. The molecule has 0 saturated heterocycles. The average Bonchev–Trinajstić information content (AvgIpc) is 2.69. The maximum atomic E-state index is 4.56. The summed E-state index contributed by atoms with van der Waals surface area (Å²) in [5.41, 5.74) is 1.17. The van der Waals surface area contributed by atoms with E-state index < -0.39 is 0 Å². The van der Waals surface area contributed by atoms with E-state index in [1.54, 1.807) is 0 Å². The van der Waals surface area contributed by atoms with Crippen LogP contribution < -0.4 is 5.32 Å². The van der Waals surface area contributed by atoms with E-state index in [1.165, 1.54) is 5.52 Å². The summed E-state index contributed by atoms with van der Waals surface area (Å²) in [6.07, 6.45) is 4.03. The first-order valence-electron chi connectivity index (χ1n) is 5.80. The highest BCUT2D eigenvalue weighted by molar-refractivity contribution is 5.46. The van der Waals surface area contributed by atoms with Gasteiger partial charge >= 0.3 is 0 Å². The normalized spacial score (nSPS) is 13.5. The van der Waals surface area contributed by atoms with Gasteiger partial charge in [-0.3, -0.25) is 0 Å². The summed E-state index contributed by atoms with van der Waals surface area (Å²) >= 11 is 0. The quantitative estimate of drug-likeness (QED) is 0.851. The predicted octanol–water partition coefficient (Wildman–Crippen LogP) is 2.29. The van der Waals surface area contributed by atoms with Gasteiger partial charge in [0.2, 0.25) is 0 Å². The molecular weight excluding hydrogens is 198 g/mol. The molecule has 0 bridgehead atoms. The first kappa shape index (κ1) is 11.1. The molecule has 0 aromatic carbocycles. The zero-order valence-electron chi connectivity index (χ0n) is 10.1. The van der Waals surface area contributed by atoms with Crippen LogP contribution in [0, 0.1) is 5.92 Å². The average molecular weight is 217 g/mol. The van der Waals surface area contributed by atoms with E-state index in [9.17, 15) is 0 Å². The lowest BCUT2D eigenvalue weighted by atomic mass is 9.95. The van der Waals surface area contributed by atoms with E-state index >= 15 is 0 Å². The molecule has 2 aromatic rings. The predicted molar refractivity (Wildman–Crippen MR) is 66.7 cm³/mol. The third-order valence-electron chi connectivity index (χ3n) is 3.03. The maximum Gasteiger partial charge on any atom is 0.117 e. The molecule has 3 nitrogen and oxygen atoms in total. The lowest BCUT2D eigenvalue weighted by Gasteiger charge is -2.19. The third-order valence-corrected chi connectivity index (χ3v) is 3.03. The van der Waals surface area contributed by atoms with Gasteiger partial charge in [0.05, 0.1) is 11.7 Å². The lowest BCUT2D eigenvalue weighted by molar-refractivity contribution is 0.456. The van der Waals surface area contributed by atoms with Gasteiger partial charge in [0.25, 0.3) is 0 Å². The Balaban J connectivity index is 2.44. The Kier molecular flexibility index (Phi) is 3.25. The molecule has 0 fully saturated rings. The molecule has 0 spiro atoms. The summed E-state index contributed by atoms with van der Waals surface area (Å²) in [6.45, 7) is 5.45. The molecule has 0 radical (unpaired) electrons. The third kappa shape index (κ3) is 1.95. The molecule has 16 heavy (non-hydrogen) atoms. The Morgan fingerprint density at radius 2 is 2.19 bits per heavy atom. The monoisotopic (exact) mass is 217 g/mol. The number of rotatable bonds is 4. The SMILES string of the molecule is CNCC(c1ncc2ccccn12)C(C)C. The molecule has 0 saturated carbocycles. The second-order valence-electron chi connectivity index (χ2n) is 4.52. The highest BCUT2D eigenvalue weighted by Gasteiger charge is 2.19. The van der Waals surface area contributed by atoms with Gasteiger partial charge in [0.15, 0.2) is 0 Å². The Bertz CT molecular complexity index is 459. The highest BCUT2D eigenvalue weighted by Crippen LogP contribution is 2.23. The van der Waals surface area contributed by atoms with E-state index in [0.717, 1.165) is 12.4 Å². The summed E-state index contributed by atoms with van der Waals surface area (Å²) in [6, 6.07) is 6.19. The summed E-state index contributed by atoms with van der Waals surface area (Å²) < 4.78 is 2.18. The second-order valence-corrected chi connectivity index (χ2v) is 4.52. The highest BCUT2D eigenvalue weighted by atomic mass is 15.0. The molecule has 86 valence electrons. The van der Waals surface area contributed by atoms with Crippen LogP contribution in [0.5, 0.6) is 0 Å². The van der Waals surface area contributed by atoms with Crippen LogP contribution in [-0.4, -0.2) is 23.0 Å². The van der Waals surface area contributed by atoms with Crippen LogP contribution in [0.4, 0.5) is 0 Å². The van der Waals surface area contributed by atoms with E-state index in [2.05, 4.69) is 46.9 Å². The Morgan fingerprint density at radius 3 is 2.88 bits per heavy atom. The van der Waals surface area contributed by atoms with Gasteiger partial charge in [0, 0.05) is 18.7 Å². The number of imidazole rings is 1. The smallest absolute Gasteiger partial charge is 0.117 e. The molecule has 2 heterocycles. The molecule has 1 unspecified atom stereocenters. The first-order chi connectivity index (χ1) is 7.74. The largest absolute Gasteiger partial charge is 0.319 e. The molecular formula is C13H19N3. The summed E-state index contributed by atoms with van der Waals surface area (Å²) in [5.74, 6) is 2.19. The van der Waals surface area contributed by atoms with Crippen molar-refractivity contribution in [2.24, 2.45) is 5.92 Å². The Labute approximate surface area is 96.5 Å². The Hall–Kier alpha value is -1.35. The van der Waals surface area contributed by atoms with Crippen molar-refractivity contribution in [2.45, 2.75) is 19.8 Å². The number of hydrogen-bond acceptors (Lipinski definition) is 2. The minimum absolute atomic E-state index is 0.454. The zero-order chi connectivity index (χ0) is 11.5. The van der Waals surface area contributed by atoms with Crippen molar-refractivity contribution in [3.05, 3.63) is 36.4 Å². The van der Waals surface area contributed by atoms with Crippen molar-refractivity contribution in [1.82, 2.24) is 14.7 Å². The number of nitrogens with one attached hydrogen (secondary N) is 1. The van der Waals surface area contributed by atoms with Crippen molar-refractivity contribution in [2.75, 3.05) is 13.6 Å². The van der Waals surface area contributed by atoms with Gasteiger partial charge < -0.3 is 9.72 Å². The molecule has 2 aromatic heterocycles. The maximum absolute atomic E-state index is 4.56. The molecule has 0 aliphatic carbocycles. The van der Waals surface area contributed by atoms with Crippen molar-refractivity contribution in [1.29, 1.82) is 0 Å². The van der Waals surface area contributed by atoms with Gasteiger partial charge in [-0.25, -0.2) is 4.98 Å². The van der Waals surface area contributed by atoms with Crippen molar-refractivity contribution < 1.29 is 0 Å². The van der Waals surface area contributed by atoms with Crippen LogP contribution in [-0.2, 0) is 0 Å². The van der Waals surface area contributed by atoms with Gasteiger partial charge in [-0.15, -0.1) is 0 Å². The molecule has 2 rings (SSSR count). The summed E-state index contributed by atoms with van der Waals surface area (Å²) in [7, 11) is 1.99. The van der Waals surface area contributed by atoms with E-state index in [0.29, 0.717) is 11.8 Å². The van der Waals surface area contributed by atoms with Gasteiger partial charge in [-0.05, 0) is 25.1 Å². The van der Waals surface area contributed by atoms with Crippen LogP contribution >= 0.6 is 0 Å². The van der Waals surface area contributed by atoms with Crippen molar-refractivity contribution >= 4 is 5.52 Å². The first-order valence-corrected chi connectivity index (χ1v) is 5.80. The van der Waals surface area contributed by atoms with E-state index in [4.69, 9.17) is 0 Å². The van der Waals surface area contributed by atoms with Gasteiger partial charge in [-0.2, -0.15) is 0 Å². The topological polar surface area (TPSA) is 29.3 Å². The Morgan fingerprint density at radius 1 is 1.38 bits per heavy atom. The fraction of sp³-hybridized carbons (Fsp3) is 0.462. The second kappa shape index (κ2) is 4.66. The molecule has 0 aliphatic heterocycles. The molecule has 0 amide bonds. The van der Waals surface area contributed by atoms with E-state index in [-0.39, 0.29) is 0 Å². The van der Waals surface area contributed by atoms with Gasteiger partial charge in [0.1, 0.15) is 5.82 Å². The van der Waals surface area contributed by atoms with Crippen LogP contribution in [0.1, 0.15) is 25.6 Å². The van der Waals surface area contributed by atoms with Crippen LogP contribution in [0.15, 0.2) is 30.6 Å². The van der Waals surface area contributed by atoms with E-state index in [1.807, 2.05) is 19.3 Å². The fourth-order valence-electron chi connectivity index (χ4n) is 2.08. The van der Waals surface area contributed by atoms with Crippen LogP contribution in [0.2, 0.25) is 0 Å². The zero-order valence-corrected chi connectivity index (χ0v) is 10.1. The molecule has 0 aliphatic rings. The lowest BCUT2D eigenvalue weighted by Crippen LogP contribution is -2.23. The van der Waals surface area contributed by atoms with Gasteiger partial charge in [-0.1, -0.05) is 19.9 Å². The number of likely N-dealkylation sites (N-methyl/N-ethyl adjacent to an activating group) is 1. The van der Waals surface area contributed by atoms with Crippen molar-refractivity contribution in [3.8, 4) is 0 Å². The van der Waals surface area contributed by atoms with Crippen LogP contribution in [0.3, 0.4) is 0 Å². The summed E-state index contributed by atoms with van der Waals surface area (Å²) in [5, 5.41) is 3.25. The molecule has 3 heteroatoms. The number of pyridine rings is 1. The standard InChI is InChI=1S/C13H19N3/c1-10(2)12(9-14-3)13-15-8-11-6-4-5-7-16(11)13/h4-8,10,12,14H,9H2,1-3H3. The minimum atomic E-state index is 0.454. The van der Waals surface area contributed by atoms with Crippen molar-refractivity contribution in [3.63, 3.8) is 0 Å².